The highest BCUT2D eigenvalue weighted by Gasteiger charge is 2.37. The Hall–Kier alpha value is -0.0400. The zero-order valence-electron chi connectivity index (χ0n) is 11.4. The number of nitrogens with one attached hydrogen (secondary N) is 1. The van der Waals surface area contributed by atoms with Crippen molar-refractivity contribution < 1.29 is 0 Å². The lowest BCUT2D eigenvalue weighted by atomic mass is 9.85. The summed E-state index contributed by atoms with van der Waals surface area (Å²) in [6.45, 7) is 7.18. The molecule has 1 heteroatoms. The topological polar surface area (TPSA) is 12.0 Å². The van der Waals surface area contributed by atoms with E-state index in [-0.39, 0.29) is 0 Å². The molecule has 0 bridgehead atoms. The molecule has 1 N–H and O–H groups in total. The molecule has 0 spiro atoms. The number of hydrogen-bond acceptors (Lipinski definition) is 1. The summed E-state index contributed by atoms with van der Waals surface area (Å²) in [7, 11) is 0. The first-order valence-electron chi connectivity index (χ1n) is 7.37. The van der Waals surface area contributed by atoms with Crippen LogP contribution in [0, 0.1) is 11.3 Å². The maximum absolute atomic E-state index is 3.91. The highest BCUT2D eigenvalue weighted by molar-refractivity contribution is 4.95. The Kier molecular flexibility index (Phi) is 3.94. The maximum Gasteiger partial charge on any atom is 0.0102 e. The van der Waals surface area contributed by atoms with Crippen molar-refractivity contribution in [3.63, 3.8) is 0 Å². The van der Waals surface area contributed by atoms with Crippen molar-refractivity contribution in [1.82, 2.24) is 5.32 Å². The quantitative estimate of drug-likeness (QED) is 0.707. The molecule has 0 saturated heterocycles. The van der Waals surface area contributed by atoms with Crippen LogP contribution in [0.3, 0.4) is 0 Å². The number of rotatable bonds is 4. The molecule has 3 atom stereocenters. The maximum atomic E-state index is 3.91. The summed E-state index contributed by atoms with van der Waals surface area (Å²) in [5.74, 6) is 1.02. The van der Waals surface area contributed by atoms with Gasteiger partial charge in [0.25, 0.3) is 0 Å². The van der Waals surface area contributed by atoms with Gasteiger partial charge < -0.3 is 5.32 Å². The molecule has 0 aliphatic heterocycles. The van der Waals surface area contributed by atoms with E-state index in [1.807, 2.05) is 0 Å². The SMILES string of the molecule is CCCC1CC1NC1CCCC(C)(C)CC1. The minimum absolute atomic E-state index is 0.600. The fourth-order valence-electron chi connectivity index (χ4n) is 3.27. The van der Waals surface area contributed by atoms with Crippen molar-refractivity contribution in [3.8, 4) is 0 Å². The van der Waals surface area contributed by atoms with Crippen LogP contribution in [-0.2, 0) is 0 Å². The van der Waals surface area contributed by atoms with Crippen LogP contribution in [0.25, 0.3) is 0 Å². The zero-order valence-corrected chi connectivity index (χ0v) is 11.4. The lowest BCUT2D eigenvalue weighted by molar-refractivity contribution is 0.309. The molecule has 0 aromatic carbocycles. The molecule has 16 heavy (non-hydrogen) atoms. The van der Waals surface area contributed by atoms with E-state index >= 15 is 0 Å². The Morgan fingerprint density at radius 1 is 1.19 bits per heavy atom. The van der Waals surface area contributed by atoms with Crippen molar-refractivity contribution in [1.29, 1.82) is 0 Å². The lowest BCUT2D eigenvalue weighted by Gasteiger charge is -2.22. The minimum Gasteiger partial charge on any atom is -0.311 e. The van der Waals surface area contributed by atoms with Crippen LogP contribution in [0.15, 0.2) is 0 Å². The monoisotopic (exact) mass is 223 g/mol. The molecule has 1 nitrogen and oxygen atoms in total. The van der Waals surface area contributed by atoms with E-state index in [1.54, 1.807) is 0 Å². The number of hydrogen-bond donors (Lipinski definition) is 1. The van der Waals surface area contributed by atoms with Crippen molar-refractivity contribution >= 4 is 0 Å². The summed E-state index contributed by atoms with van der Waals surface area (Å²) in [5.41, 5.74) is 0.600. The van der Waals surface area contributed by atoms with E-state index < -0.39 is 0 Å². The van der Waals surface area contributed by atoms with Crippen LogP contribution < -0.4 is 5.32 Å². The van der Waals surface area contributed by atoms with Crippen molar-refractivity contribution in [2.24, 2.45) is 11.3 Å². The standard InChI is InChI=1S/C15H29N/c1-4-6-12-11-14(12)16-13-7-5-9-15(2,3)10-8-13/h12-14,16H,4-11H2,1-3H3. The van der Waals surface area contributed by atoms with Gasteiger partial charge in [-0.1, -0.05) is 33.6 Å². The molecule has 3 unspecified atom stereocenters. The first-order chi connectivity index (χ1) is 7.61. The Morgan fingerprint density at radius 2 is 2.00 bits per heavy atom. The molecule has 0 amide bonds. The van der Waals surface area contributed by atoms with Gasteiger partial charge in [-0.25, -0.2) is 0 Å². The molecular formula is C15H29N. The van der Waals surface area contributed by atoms with Gasteiger partial charge in [-0.2, -0.15) is 0 Å². The van der Waals surface area contributed by atoms with E-state index in [4.69, 9.17) is 0 Å². The van der Waals surface area contributed by atoms with E-state index in [9.17, 15) is 0 Å². The van der Waals surface area contributed by atoms with Gasteiger partial charge in [-0.15, -0.1) is 0 Å². The molecule has 0 aromatic rings. The van der Waals surface area contributed by atoms with Crippen molar-refractivity contribution in [2.75, 3.05) is 0 Å². The summed E-state index contributed by atoms with van der Waals surface area (Å²) in [6.07, 6.45) is 11.3. The minimum atomic E-state index is 0.600. The van der Waals surface area contributed by atoms with E-state index in [0.29, 0.717) is 5.41 Å². The third-order valence-electron chi connectivity index (χ3n) is 4.61. The summed E-state index contributed by atoms with van der Waals surface area (Å²) >= 11 is 0. The van der Waals surface area contributed by atoms with Crippen LogP contribution in [0.5, 0.6) is 0 Å². The zero-order chi connectivity index (χ0) is 11.6. The van der Waals surface area contributed by atoms with Crippen LogP contribution >= 0.6 is 0 Å². The van der Waals surface area contributed by atoms with Crippen LogP contribution in [-0.4, -0.2) is 12.1 Å². The van der Waals surface area contributed by atoms with Crippen LogP contribution in [0.1, 0.15) is 72.1 Å². The molecule has 2 fully saturated rings. The Balaban J connectivity index is 1.71. The third kappa shape index (κ3) is 3.48. The Bertz CT molecular complexity index is 221. The molecule has 0 heterocycles. The molecule has 2 saturated carbocycles. The second-order valence-electron chi connectivity index (χ2n) is 6.85. The average Bonchev–Trinajstić information content (AvgIpc) is 2.94. The fourth-order valence-corrected chi connectivity index (χ4v) is 3.27. The lowest BCUT2D eigenvalue weighted by Crippen LogP contribution is -2.31. The van der Waals surface area contributed by atoms with Crippen molar-refractivity contribution in [2.45, 2.75) is 84.2 Å². The van der Waals surface area contributed by atoms with Crippen LogP contribution in [0.2, 0.25) is 0 Å². The Labute approximate surface area is 101 Å². The molecular weight excluding hydrogens is 194 g/mol. The largest absolute Gasteiger partial charge is 0.311 e. The predicted molar refractivity (Wildman–Crippen MR) is 70.6 cm³/mol. The summed E-state index contributed by atoms with van der Waals surface area (Å²) < 4.78 is 0. The molecule has 2 aliphatic carbocycles. The molecule has 2 aliphatic rings. The predicted octanol–water partition coefficient (Wildman–Crippen LogP) is 4.12. The summed E-state index contributed by atoms with van der Waals surface area (Å²) in [5, 5.41) is 3.91. The second-order valence-corrected chi connectivity index (χ2v) is 6.85. The van der Waals surface area contributed by atoms with Gasteiger partial charge in [-0.3, -0.25) is 0 Å². The average molecular weight is 223 g/mol. The van der Waals surface area contributed by atoms with Crippen molar-refractivity contribution in [3.05, 3.63) is 0 Å². The van der Waals surface area contributed by atoms with E-state index in [1.165, 1.54) is 51.4 Å². The van der Waals surface area contributed by atoms with Gasteiger partial charge in [0.1, 0.15) is 0 Å². The second kappa shape index (κ2) is 5.08. The first kappa shape index (κ1) is 12.4. The molecule has 2 rings (SSSR count). The van der Waals surface area contributed by atoms with Crippen LogP contribution in [0.4, 0.5) is 0 Å². The molecule has 0 aromatic heterocycles. The van der Waals surface area contributed by atoms with Gasteiger partial charge in [0, 0.05) is 12.1 Å². The van der Waals surface area contributed by atoms with E-state index in [0.717, 1.165) is 18.0 Å². The van der Waals surface area contributed by atoms with Gasteiger partial charge in [0.2, 0.25) is 0 Å². The third-order valence-corrected chi connectivity index (χ3v) is 4.61. The Morgan fingerprint density at radius 3 is 2.75 bits per heavy atom. The molecule has 0 radical (unpaired) electrons. The van der Waals surface area contributed by atoms with Gasteiger partial charge in [-0.05, 0) is 49.9 Å². The summed E-state index contributed by atoms with van der Waals surface area (Å²) in [4.78, 5) is 0. The van der Waals surface area contributed by atoms with E-state index in [2.05, 4.69) is 26.1 Å². The summed E-state index contributed by atoms with van der Waals surface area (Å²) in [6, 6.07) is 1.71. The fraction of sp³-hybridized carbons (Fsp3) is 1.00. The van der Waals surface area contributed by atoms with Gasteiger partial charge in [0.15, 0.2) is 0 Å². The smallest absolute Gasteiger partial charge is 0.0102 e. The van der Waals surface area contributed by atoms with Gasteiger partial charge in [0.05, 0.1) is 0 Å². The van der Waals surface area contributed by atoms with Gasteiger partial charge >= 0.3 is 0 Å². The first-order valence-corrected chi connectivity index (χ1v) is 7.37. The highest BCUT2D eigenvalue weighted by atomic mass is 15.0. The highest BCUT2D eigenvalue weighted by Crippen LogP contribution is 2.38. The normalized spacial score (nSPS) is 38.1. The molecule has 94 valence electrons.